The lowest BCUT2D eigenvalue weighted by atomic mass is 10.1. The summed E-state index contributed by atoms with van der Waals surface area (Å²) in [5.74, 6) is 1.44. The zero-order chi connectivity index (χ0) is 22.0. The zero-order valence-corrected chi connectivity index (χ0v) is 18.4. The molecule has 1 amide bonds. The van der Waals surface area contributed by atoms with Crippen molar-refractivity contribution < 1.29 is 19.0 Å². The molecule has 2 aliphatic heterocycles. The monoisotopic (exact) mass is 427 g/mol. The Hall–Kier alpha value is -3.07. The van der Waals surface area contributed by atoms with Gasteiger partial charge in [0, 0.05) is 38.9 Å². The van der Waals surface area contributed by atoms with Crippen molar-refractivity contribution in [2.75, 3.05) is 50.3 Å². The molecule has 1 fully saturated rings. The second-order valence-electron chi connectivity index (χ2n) is 8.66. The van der Waals surface area contributed by atoms with E-state index in [-0.39, 0.29) is 18.9 Å². The Morgan fingerprint density at radius 2 is 2.03 bits per heavy atom. The maximum atomic E-state index is 12.5. The van der Waals surface area contributed by atoms with E-state index < -0.39 is 5.60 Å². The highest BCUT2D eigenvalue weighted by Gasteiger charge is 2.36. The molecule has 1 N–H and O–H groups in total. The summed E-state index contributed by atoms with van der Waals surface area (Å²) >= 11 is 0. The summed E-state index contributed by atoms with van der Waals surface area (Å²) in [5.41, 5.74) is 2.05. The van der Waals surface area contributed by atoms with Gasteiger partial charge < -0.3 is 29.3 Å². The van der Waals surface area contributed by atoms with Gasteiger partial charge >= 0.3 is 6.09 Å². The number of nitrogens with zero attached hydrogens (tertiary/aromatic N) is 4. The lowest BCUT2D eigenvalue weighted by Gasteiger charge is -2.45. The summed E-state index contributed by atoms with van der Waals surface area (Å²) in [6.45, 7) is 8.38. The number of piperazine rings is 1. The van der Waals surface area contributed by atoms with Gasteiger partial charge in [-0.15, -0.1) is 10.2 Å². The van der Waals surface area contributed by atoms with Crippen LogP contribution in [-0.4, -0.2) is 72.9 Å². The third-order valence-corrected chi connectivity index (χ3v) is 5.22. The second-order valence-corrected chi connectivity index (χ2v) is 8.66. The van der Waals surface area contributed by atoms with Crippen molar-refractivity contribution in [2.24, 2.45) is 0 Å². The van der Waals surface area contributed by atoms with Gasteiger partial charge in [-0.1, -0.05) is 12.1 Å². The molecule has 1 aromatic heterocycles. The summed E-state index contributed by atoms with van der Waals surface area (Å²) in [6, 6.07) is 9.85. The van der Waals surface area contributed by atoms with E-state index in [1.54, 1.807) is 12.0 Å². The molecule has 0 aliphatic carbocycles. The average molecular weight is 428 g/mol. The van der Waals surface area contributed by atoms with Crippen LogP contribution < -0.4 is 15.0 Å². The number of carbonyl (C=O) groups is 1. The maximum absolute atomic E-state index is 12.5. The molecule has 166 valence electrons. The molecule has 0 bridgehead atoms. The number of amides is 1. The topological polar surface area (TPSA) is 89.1 Å². The van der Waals surface area contributed by atoms with Crippen molar-refractivity contribution in [2.45, 2.75) is 32.4 Å². The van der Waals surface area contributed by atoms with E-state index in [1.165, 1.54) is 0 Å². The van der Waals surface area contributed by atoms with Crippen LogP contribution >= 0.6 is 0 Å². The summed E-state index contributed by atoms with van der Waals surface area (Å²) in [5, 5.41) is 12.2. The molecule has 9 nitrogen and oxygen atoms in total. The minimum absolute atomic E-state index is 0.130. The Balaban J connectivity index is 1.56. The van der Waals surface area contributed by atoms with Gasteiger partial charge in [0.15, 0.2) is 12.6 Å². The predicted molar refractivity (Wildman–Crippen MR) is 117 cm³/mol. The number of rotatable bonds is 4. The van der Waals surface area contributed by atoms with E-state index in [4.69, 9.17) is 14.2 Å². The number of methoxy groups -OCH3 is 1. The Morgan fingerprint density at radius 3 is 2.81 bits per heavy atom. The number of nitrogens with one attached hydrogen (secondary N) is 1. The number of para-hydroxylation sites is 1. The zero-order valence-electron chi connectivity index (χ0n) is 18.4. The van der Waals surface area contributed by atoms with Gasteiger partial charge in [0.05, 0.1) is 17.4 Å². The molecule has 0 unspecified atom stereocenters. The highest BCUT2D eigenvalue weighted by molar-refractivity contribution is 5.77. The Bertz CT molecular complexity index is 946. The van der Waals surface area contributed by atoms with E-state index in [0.29, 0.717) is 31.9 Å². The first kappa shape index (κ1) is 21.2. The number of hydrogen-bond acceptors (Lipinski definition) is 8. The molecule has 1 atom stereocenters. The molecule has 0 spiro atoms. The van der Waals surface area contributed by atoms with Crippen molar-refractivity contribution in [3.63, 3.8) is 0 Å². The van der Waals surface area contributed by atoms with E-state index in [9.17, 15) is 4.79 Å². The van der Waals surface area contributed by atoms with Crippen molar-refractivity contribution in [1.82, 2.24) is 15.1 Å². The molecule has 9 heteroatoms. The molecule has 0 radical (unpaired) electrons. The van der Waals surface area contributed by atoms with Crippen LogP contribution in [0.4, 0.5) is 16.3 Å². The van der Waals surface area contributed by atoms with Crippen LogP contribution in [0.25, 0.3) is 11.3 Å². The third-order valence-electron chi connectivity index (χ3n) is 5.22. The van der Waals surface area contributed by atoms with Gasteiger partial charge in [-0.2, -0.15) is 0 Å². The SMILES string of the molecule is COCOc1ccccc1-c1cc2c(nn1)NC[C@H]1CN(C(=O)OC(C)(C)C)CCN21. The highest BCUT2D eigenvalue weighted by Crippen LogP contribution is 2.36. The molecular formula is C22H29N5O4. The lowest BCUT2D eigenvalue weighted by Crippen LogP contribution is -2.59. The van der Waals surface area contributed by atoms with E-state index >= 15 is 0 Å². The lowest BCUT2D eigenvalue weighted by molar-refractivity contribution is 0.0216. The molecule has 1 saturated heterocycles. The Labute approximate surface area is 182 Å². The second kappa shape index (κ2) is 8.58. The molecule has 2 aromatic rings. The molecule has 31 heavy (non-hydrogen) atoms. The van der Waals surface area contributed by atoms with Crippen LogP contribution in [0, 0.1) is 0 Å². The number of carbonyl (C=O) groups excluding carboxylic acids is 1. The predicted octanol–water partition coefficient (Wildman–Crippen LogP) is 2.98. The molecule has 0 saturated carbocycles. The van der Waals surface area contributed by atoms with Gasteiger partial charge in [0.25, 0.3) is 0 Å². The third kappa shape index (κ3) is 4.66. The van der Waals surface area contributed by atoms with Crippen LogP contribution in [-0.2, 0) is 9.47 Å². The van der Waals surface area contributed by atoms with Crippen LogP contribution in [0.2, 0.25) is 0 Å². The van der Waals surface area contributed by atoms with Crippen LogP contribution in [0.1, 0.15) is 20.8 Å². The smallest absolute Gasteiger partial charge is 0.410 e. The van der Waals surface area contributed by atoms with Crippen molar-refractivity contribution in [1.29, 1.82) is 0 Å². The minimum Gasteiger partial charge on any atom is -0.467 e. The van der Waals surface area contributed by atoms with Crippen LogP contribution in [0.5, 0.6) is 5.75 Å². The number of benzene rings is 1. The standard InChI is InChI=1S/C22H29N5O4/c1-22(2,3)31-21(28)26-9-10-27-15(13-26)12-23-20-18(27)11-17(24-25-20)16-7-5-6-8-19(16)30-14-29-4/h5-8,11,15H,9-10,12-14H2,1-4H3,(H,23,25)/t15-/m0/s1. The summed E-state index contributed by atoms with van der Waals surface area (Å²) in [7, 11) is 1.59. The van der Waals surface area contributed by atoms with E-state index in [1.807, 2.05) is 51.1 Å². The maximum Gasteiger partial charge on any atom is 0.410 e. The molecule has 4 rings (SSSR count). The fraction of sp³-hybridized carbons (Fsp3) is 0.500. The van der Waals surface area contributed by atoms with E-state index in [0.717, 1.165) is 22.8 Å². The summed E-state index contributed by atoms with van der Waals surface area (Å²) in [4.78, 5) is 16.6. The number of ether oxygens (including phenoxy) is 3. The number of aromatic nitrogens is 2. The average Bonchev–Trinajstić information content (AvgIpc) is 2.76. The summed E-state index contributed by atoms with van der Waals surface area (Å²) in [6.07, 6.45) is -0.268. The van der Waals surface area contributed by atoms with Gasteiger partial charge in [-0.25, -0.2) is 4.79 Å². The fourth-order valence-electron chi connectivity index (χ4n) is 3.84. The fourth-order valence-corrected chi connectivity index (χ4v) is 3.84. The largest absolute Gasteiger partial charge is 0.467 e. The first-order valence-corrected chi connectivity index (χ1v) is 10.4. The molecule has 3 heterocycles. The van der Waals surface area contributed by atoms with Crippen LogP contribution in [0.15, 0.2) is 30.3 Å². The number of hydrogen-bond donors (Lipinski definition) is 1. The van der Waals surface area contributed by atoms with E-state index in [2.05, 4.69) is 20.4 Å². The quantitative estimate of drug-likeness (QED) is 0.745. The number of fused-ring (bicyclic) bond motifs is 3. The molecule has 1 aromatic carbocycles. The van der Waals surface area contributed by atoms with Gasteiger partial charge in [0.2, 0.25) is 0 Å². The van der Waals surface area contributed by atoms with Gasteiger partial charge in [-0.05, 0) is 39.0 Å². The first-order valence-electron chi connectivity index (χ1n) is 10.4. The Morgan fingerprint density at radius 1 is 1.23 bits per heavy atom. The molecule has 2 aliphatic rings. The molecular weight excluding hydrogens is 398 g/mol. The highest BCUT2D eigenvalue weighted by atomic mass is 16.7. The normalized spacial score (nSPS) is 18.0. The van der Waals surface area contributed by atoms with Gasteiger partial charge in [0.1, 0.15) is 11.4 Å². The minimum atomic E-state index is -0.506. The Kier molecular flexibility index (Phi) is 5.86. The van der Waals surface area contributed by atoms with Crippen molar-refractivity contribution >= 4 is 17.6 Å². The first-order chi connectivity index (χ1) is 14.9. The summed E-state index contributed by atoms with van der Waals surface area (Å²) < 4.78 is 16.3. The van der Waals surface area contributed by atoms with Crippen LogP contribution in [0.3, 0.4) is 0 Å². The van der Waals surface area contributed by atoms with Crippen molar-refractivity contribution in [3.05, 3.63) is 30.3 Å². The van der Waals surface area contributed by atoms with Gasteiger partial charge in [-0.3, -0.25) is 0 Å². The van der Waals surface area contributed by atoms with Crippen molar-refractivity contribution in [3.8, 4) is 17.0 Å². The number of anilines is 2.